The highest BCUT2D eigenvalue weighted by molar-refractivity contribution is 7.21. The molecule has 1 saturated heterocycles. The second kappa shape index (κ2) is 8.17. The molecule has 1 fully saturated rings. The summed E-state index contributed by atoms with van der Waals surface area (Å²) < 4.78 is 0. The second-order valence-corrected chi connectivity index (χ2v) is 8.25. The van der Waals surface area contributed by atoms with Crippen LogP contribution in [0.25, 0.3) is 21.5 Å². The normalized spacial score (nSPS) is 18.8. The average molecular weight is 405 g/mol. The molecule has 1 amide bonds. The van der Waals surface area contributed by atoms with Crippen molar-refractivity contribution in [1.29, 1.82) is 0 Å². The van der Waals surface area contributed by atoms with E-state index in [4.69, 9.17) is 10.7 Å². The third kappa shape index (κ3) is 3.68. The summed E-state index contributed by atoms with van der Waals surface area (Å²) in [6.07, 6.45) is 11.6. The Morgan fingerprint density at radius 2 is 2.21 bits per heavy atom. The van der Waals surface area contributed by atoms with Gasteiger partial charge in [-0.1, -0.05) is 19.1 Å². The van der Waals surface area contributed by atoms with E-state index in [0.717, 1.165) is 40.0 Å². The molecule has 0 spiro atoms. The standard InChI is InChI=1S/C23H24N4OS/c1-3-4-9-19-15(2)7-6-13-27(19)23(28)21-20(24)17-10-11-18(26-22(17)29-21)16-8-5-12-25-14-16/h3-5,8-12,14-15H,6-7,13,24H2,1-2H3/b4-3-,19-9+. The number of piperidine rings is 1. The highest BCUT2D eigenvalue weighted by Gasteiger charge is 2.29. The van der Waals surface area contributed by atoms with Gasteiger partial charge in [0, 0.05) is 35.6 Å². The molecule has 148 valence electrons. The summed E-state index contributed by atoms with van der Waals surface area (Å²) in [6, 6.07) is 7.73. The molecule has 29 heavy (non-hydrogen) atoms. The lowest BCUT2D eigenvalue weighted by Gasteiger charge is -2.34. The number of allylic oxidation sites excluding steroid dienone is 4. The van der Waals surface area contributed by atoms with Crippen LogP contribution in [0, 0.1) is 5.92 Å². The third-order valence-electron chi connectivity index (χ3n) is 5.29. The minimum Gasteiger partial charge on any atom is -0.397 e. The minimum absolute atomic E-state index is 0.0317. The van der Waals surface area contributed by atoms with Crippen molar-refractivity contribution in [3.63, 3.8) is 0 Å². The van der Waals surface area contributed by atoms with Crippen LogP contribution in [0.15, 0.2) is 60.6 Å². The lowest BCUT2D eigenvalue weighted by atomic mass is 9.95. The van der Waals surface area contributed by atoms with Crippen LogP contribution >= 0.6 is 11.3 Å². The molecule has 3 aromatic rings. The van der Waals surface area contributed by atoms with Crippen molar-refractivity contribution in [1.82, 2.24) is 14.9 Å². The smallest absolute Gasteiger partial charge is 0.270 e. The summed E-state index contributed by atoms with van der Waals surface area (Å²) in [7, 11) is 0. The molecule has 1 unspecified atom stereocenters. The van der Waals surface area contributed by atoms with Crippen molar-refractivity contribution >= 4 is 33.1 Å². The molecule has 4 heterocycles. The Morgan fingerprint density at radius 1 is 1.34 bits per heavy atom. The van der Waals surface area contributed by atoms with Crippen LogP contribution in [0.4, 0.5) is 5.69 Å². The number of likely N-dealkylation sites (tertiary alicyclic amines) is 1. The Bertz CT molecular complexity index is 1100. The van der Waals surface area contributed by atoms with E-state index in [-0.39, 0.29) is 5.91 Å². The van der Waals surface area contributed by atoms with Crippen LogP contribution in [0.3, 0.4) is 0 Å². The zero-order valence-electron chi connectivity index (χ0n) is 16.6. The maximum atomic E-state index is 13.4. The van der Waals surface area contributed by atoms with Crippen LogP contribution in [0.2, 0.25) is 0 Å². The van der Waals surface area contributed by atoms with Gasteiger partial charge >= 0.3 is 0 Å². The first-order chi connectivity index (χ1) is 14.1. The van der Waals surface area contributed by atoms with Gasteiger partial charge in [0.05, 0.1) is 11.4 Å². The number of rotatable bonds is 3. The van der Waals surface area contributed by atoms with Crippen LogP contribution in [-0.4, -0.2) is 27.3 Å². The highest BCUT2D eigenvalue weighted by atomic mass is 32.1. The molecular formula is C23H24N4OS. The molecule has 6 heteroatoms. The summed E-state index contributed by atoms with van der Waals surface area (Å²) in [6.45, 7) is 4.87. The molecule has 0 radical (unpaired) electrons. The number of anilines is 1. The van der Waals surface area contributed by atoms with Crippen molar-refractivity contribution in [2.24, 2.45) is 5.92 Å². The lowest BCUT2D eigenvalue weighted by molar-refractivity contribution is 0.0768. The van der Waals surface area contributed by atoms with Crippen molar-refractivity contribution < 1.29 is 4.79 Å². The van der Waals surface area contributed by atoms with E-state index in [1.165, 1.54) is 11.3 Å². The van der Waals surface area contributed by atoms with Gasteiger partial charge in [-0.2, -0.15) is 0 Å². The largest absolute Gasteiger partial charge is 0.397 e. The number of hydrogen-bond donors (Lipinski definition) is 1. The molecule has 0 aliphatic carbocycles. The number of nitrogens with zero attached hydrogens (tertiary/aromatic N) is 3. The monoisotopic (exact) mass is 404 g/mol. The summed E-state index contributed by atoms with van der Waals surface area (Å²) in [5.41, 5.74) is 9.73. The number of carbonyl (C=O) groups excluding carboxylic acids is 1. The third-order valence-corrected chi connectivity index (χ3v) is 6.39. The van der Waals surface area contributed by atoms with E-state index in [9.17, 15) is 4.79 Å². The topological polar surface area (TPSA) is 72.1 Å². The molecule has 5 nitrogen and oxygen atoms in total. The Balaban J connectivity index is 1.73. The van der Waals surface area contributed by atoms with Crippen molar-refractivity contribution in [3.05, 3.63) is 65.5 Å². The Hall–Kier alpha value is -2.99. The number of amides is 1. The fourth-order valence-corrected chi connectivity index (χ4v) is 4.76. The molecule has 1 atom stereocenters. The summed E-state index contributed by atoms with van der Waals surface area (Å²) in [5, 5.41) is 0.829. The van der Waals surface area contributed by atoms with Gasteiger partial charge in [0.15, 0.2) is 0 Å². The van der Waals surface area contributed by atoms with Crippen LogP contribution in [0.1, 0.15) is 36.4 Å². The molecular weight excluding hydrogens is 380 g/mol. The highest BCUT2D eigenvalue weighted by Crippen LogP contribution is 2.37. The SMILES string of the molecule is C/C=C\C=C1/C(C)CCCN1C(=O)c1sc2nc(-c3cccnc3)ccc2c1N. The van der Waals surface area contributed by atoms with E-state index < -0.39 is 0 Å². The van der Waals surface area contributed by atoms with Crippen molar-refractivity contribution in [3.8, 4) is 11.3 Å². The van der Waals surface area contributed by atoms with Gasteiger partial charge in [-0.15, -0.1) is 11.3 Å². The first-order valence-corrected chi connectivity index (χ1v) is 10.7. The van der Waals surface area contributed by atoms with Crippen molar-refractivity contribution in [2.75, 3.05) is 12.3 Å². The lowest BCUT2D eigenvalue weighted by Crippen LogP contribution is -2.37. The molecule has 0 saturated carbocycles. The predicted molar refractivity (Wildman–Crippen MR) is 120 cm³/mol. The molecule has 1 aliphatic rings. The predicted octanol–water partition coefficient (Wildman–Crippen LogP) is 5.27. The minimum atomic E-state index is -0.0317. The first-order valence-electron chi connectivity index (χ1n) is 9.84. The van der Waals surface area contributed by atoms with Crippen LogP contribution in [-0.2, 0) is 0 Å². The van der Waals surface area contributed by atoms with Gasteiger partial charge in [0.1, 0.15) is 9.71 Å². The van der Waals surface area contributed by atoms with Gasteiger partial charge < -0.3 is 10.6 Å². The fraction of sp³-hybridized carbons (Fsp3) is 0.261. The van der Waals surface area contributed by atoms with Crippen LogP contribution in [0.5, 0.6) is 0 Å². The number of nitrogen functional groups attached to an aromatic ring is 1. The first kappa shape index (κ1) is 19.3. The van der Waals surface area contributed by atoms with E-state index in [1.807, 2.05) is 54.3 Å². The Morgan fingerprint density at radius 3 is 2.97 bits per heavy atom. The van der Waals surface area contributed by atoms with Crippen molar-refractivity contribution in [2.45, 2.75) is 26.7 Å². The van der Waals surface area contributed by atoms with Gasteiger partial charge in [-0.3, -0.25) is 9.78 Å². The maximum Gasteiger partial charge on any atom is 0.270 e. The van der Waals surface area contributed by atoms with Gasteiger partial charge in [-0.05, 0) is 56.0 Å². The van der Waals surface area contributed by atoms with E-state index in [2.05, 4.69) is 11.9 Å². The Labute approximate surface area is 174 Å². The molecule has 3 aromatic heterocycles. The van der Waals surface area contributed by atoms with Crippen LogP contribution < -0.4 is 5.73 Å². The quantitative estimate of drug-likeness (QED) is 0.645. The number of thiophene rings is 1. The summed E-state index contributed by atoms with van der Waals surface area (Å²) >= 11 is 1.37. The van der Waals surface area contributed by atoms with E-state index in [1.54, 1.807) is 12.4 Å². The number of nitrogens with two attached hydrogens (primary N) is 1. The molecule has 0 aromatic carbocycles. The summed E-state index contributed by atoms with van der Waals surface area (Å²) in [5.74, 6) is 0.311. The number of aromatic nitrogens is 2. The van der Waals surface area contributed by atoms with Gasteiger partial charge in [0.25, 0.3) is 5.91 Å². The molecule has 1 aliphatic heterocycles. The number of pyridine rings is 2. The molecule has 4 rings (SSSR count). The molecule has 2 N–H and O–H groups in total. The fourth-order valence-electron chi connectivity index (χ4n) is 3.72. The average Bonchev–Trinajstić information content (AvgIpc) is 3.08. The maximum absolute atomic E-state index is 13.4. The zero-order chi connectivity index (χ0) is 20.4. The second-order valence-electron chi connectivity index (χ2n) is 7.25. The number of carbonyl (C=O) groups is 1. The number of hydrogen-bond acceptors (Lipinski definition) is 5. The van der Waals surface area contributed by atoms with Gasteiger partial charge in [0.2, 0.25) is 0 Å². The summed E-state index contributed by atoms with van der Waals surface area (Å²) in [4.78, 5) is 25.5. The zero-order valence-corrected chi connectivity index (χ0v) is 17.4. The Kier molecular flexibility index (Phi) is 5.45. The van der Waals surface area contributed by atoms with Gasteiger partial charge in [-0.25, -0.2) is 4.98 Å². The van der Waals surface area contributed by atoms with E-state index in [0.29, 0.717) is 23.0 Å². The number of fused-ring (bicyclic) bond motifs is 1. The van der Waals surface area contributed by atoms with E-state index >= 15 is 0 Å². The molecule has 0 bridgehead atoms.